The Balaban J connectivity index is 2.71. The molecule has 0 aromatic heterocycles. The summed E-state index contributed by atoms with van der Waals surface area (Å²) in [6, 6.07) is 4.78. The molecule has 0 radical (unpaired) electrons. The topological polar surface area (TPSA) is 64.4 Å². The van der Waals surface area contributed by atoms with Gasteiger partial charge in [-0.25, -0.2) is 0 Å². The maximum absolute atomic E-state index is 10.8. The number of hydrogen-bond donors (Lipinski definition) is 1. The fraction of sp³-hybridized carbons (Fsp3) is 0.571. The molecule has 1 aromatic carbocycles. The molecule has 0 saturated carbocycles. The summed E-state index contributed by atoms with van der Waals surface area (Å²) in [6.45, 7) is 4.20. The number of nitro groups is 1. The van der Waals surface area contributed by atoms with Crippen molar-refractivity contribution in [3.05, 3.63) is 33.9 Å². The number of non-ortho nitro benzene ring substituents is 1. The van der Waals surface area contributed by atoms with Gasteiger partial charge in [-0.05, 0) is 37.5 Å². The fourth-order valence-corrected chi connectivity index (χ4v) is 2.15. The summed E-state index contributed by atoms with van der Waals surface area (Å²) in [5.74, 6) is 1.79. The van der Waals surface area contributed by atoms with Crippen molar-refractivity contribution in [2.45, 2.75) is 26.3 Å². The van der Waals surface area contributed by atoms with Gasteiger partial charge < -0.3 is 10.1 Å². The minimum absolute atomic E-state index is 0.106. The van der Waals surface area contributed by atoms with Gasteiger partial charge in [0, 0.05) is 24.2 Å². The maximum Gasteiger partial charge on any atom is 0.270 e. The summed E-state index contributed by atoms with van der Waals surface area (Å²) in [4.78, 5) is 10.5. The summed E-state index contributed by atoms with van der Waals surface area (Å²) in [6.07, 6.45) is 4.06. The van der Waals surface area contributed by atoms with Crippen molar-refractivity contribution in [2.24, 2.45) is 0 Å². The van der Waals surface area contributed by atoms with E-state index in [9.17, 15) is 10.1 Å². The number of nitrogens with zero attached hydrogens (tertiary/aromatic N) is 1. The molecule has 5 nitrogen and oxygen atoms in total. The highest BCUT2D eigenvalue weighted by Gasteiger charge is 2.11. The second-order valence-electron chi connectivity index (χ2n) is 4.42. The summed E-state index contributed by atoms with van der Waals surface area (Å²) >= 11 is 1.78. The van der Waals surface area contributed by atoms with E-state index in [1.54, 1.807) is 23.9 Å². The van der Waals surface area contributed by atoms with E-state index >= 15 is 0 Å². The largest absolute Gasteiger partial charge is 0.493 e. The predicted molar refractivity (Wildman–Crippen MR) is 83.6 cm³/mol. The van der Waals surface area contributed by atoms with Crippen molar-refractivity contribution in [3.8, 4) is 5.75 Å². The van der Waals surface area contributed by atoms with Gasteiger partial charge >= 0.3 is 0 Å². The zero-order valence-electron chi connectivity index (χ0n) is 12.1. The lowest BCUT2D eigenvalue weighted by molar-refractivity contribution is -0.384. The minimum Gasteiger partial charge on any atom is -0.493 e. The second-order valence-corrected chi connectivity index (χ2v) is 5.41. The lowest BCUT2D eigenvalue weighted by Crippen LogP contribution is -2.15. The Kier molecular flexibility index (Phi) is 8.06. The van der Waals surface area contributed by atoms with Crippen LogP contribution in [-0.4, -0.2) is 30.1 Å². The van der Waals surface area contributed by atoms with Crippen LogP contribution in [0.25, 0.3) is 0 Å². The molecule has 0 fully saturated rings. The molecule has 112 valence electrons. The number of thioether (sulfide) groups is 1. The van der Waals surface area contributed by atoms with Crippen LogP contribution in [0.15, 0.2) is 18.2 Å². The standard InChI is InChI=1S/C14H22N2O3S/c1-3-7-15-11-12-10-13(16(17)18)5-6-14(12)19-8-4-9-20-2/h5-6,10,15H,3-4,7-9,11H2,1-2H3. The van der Waals surface area contributed by atoms with Crippen LogP contribution in [0.3, 0.4) is 0 Å². The average Bonchev–Trinajstić information content (AvgIpc) is 2.44. The average molecular weight is 298 g/mol. The highest BCUT2D eigenvalue weighted by atomic mass is 32.2. The third-order valence-corrected chi connectivity index (χ3v) is 3.44. The highest BCUT2D eigenvalue weighted by molar-refractivity contribution is 7.98. The molecule has 0 bridgehead atoms. The van der Waals surface area contributed by atoms with Crippen molar-refractivity contribution in [1.82, 2.24) is 5.32 Å². The van der Waals surface area contributed by atoms with Crippen molar-refractivity contribution in [2.75, 3.05) is 25.2 Å². The Morgan fingerprint density at radius 2 is 2.25 bits per heavy atom. The van der Waals surface area contributed by atoms with Crippen molar-refractivity contribution in [3.63, 3.8) is 0 Å². The van der Waals surface area contributed by atoms with Crippen LogP contribution in [0.4, 0.5) is 5.69 Å². The van der Waals surface area contributed by atoms with Gasteiger partial charge in [0.2, 0.25) is 0 Å². The Bertz CT molecular complexity index is 427. The molecule has 20 heavy (non-hydrogen) atoms. The maximum atomic E-state index is 10.8. The first kappa shape index (κ1) is 16.8. The van der Waals surface area contributed by atoms with E-state index < -0.39 is 0 Å². The zero-order chi connectivity index (χ0) is 14.8. The zero-order valence-corrected chi connectivity index (χ0v) is 12.9. The molecule has 0 unspecified atom stereocenters. The van der Waals surface area contributed by atoms with Crippen LogP contribution < -0.4 is 10.1 Å². The molecule has 0 aliphatic rings. The van der Waals surface area contributed by atoms with E-state index in [-0.39, 0.29) is 10.6 Å². The van der Waals surface area contributed by atoms with Crippen LogP contribution in [0.1, 0.15) is 25.3 Å². The molecule has 6 heteroatoms. The number of hydrogen-bond acceptors (Lipinski definition) is 5. The Hall–Kier alpha value is -1.27. The Labute approximate surface area is 124 Å². The predicted octanol–water partition coefficient (Wildman–Crippen LogP) is 3.23. The number of ether oxygens (including phenoxy) is 1. The molecule has 1 N–H and O–H groups in total. The molecule has 0 amide bonds. The molecule has 1 aromatic rings. The summed E-state index contributed by atoms with van der Waals surface area (Å²) in [7, 11) is 0. The molecule has 0 saturated heterocycles. The van der Waals surface area contributed by atoms with Gasteiger partial charge in [0.25, 0.3) is 5.69 Å². The van der Waals surface area contributed by atoms with Gasteiger partial charge in [-0.2, -0.15) is 11.8 Å². The number of nitrogens with one attached hydrogen (secondary N) is 1. The van der Waals surface area contributed by atoms with E-state index in [4.69, 9.17) is 4.74 Å². The molecular formula is C14H22N2O3S. The van der Waals surface area contributed by atoms with Gasteiger partial charge in [0.1, 0.15) is 5.75 Å². The number of rotatable bonds is 10. The fourth-order valence-electron chi connectivity index (χ4n) is 1.74. The molecule has 0 heterocycles. The molecule has 0 spiro atoms. The minimum atomic E-state index is -0.374. The smallest absolute Gasteiger partial charge is 0.270 e. The molecular weight excluding hydrogens is 276 g/mol. The molecule has 0 aliphatic carbocycles. The molecule has 0 aliphatic heterocycles. The monoisotopic (exact) mass is 298 g/mol. The first-order chi connectivity index (χ1) is 9.69. The lowest BCUT2D eigenvalue weighted by Gasteiger charge is -2.12. The van der Waals surface area contributed by atoms with Gasteiger partial charge in [0.05, 0.1) is 11.5 Å². The van der Waals surface area contributed by atoms with Gasteiger partial charge in [-0.15, -0.1) is 0 Å². The Morgan fingerprint density at radius 3 is 2.90 bits per heavy atom. The number of benzene rings is 1. The van der Waals surface area contributed by atoms with Crippen LogP contribution in [0, 0.1) is 10.1 Å². The van der Waals surface area contributed by atoms with Crippen LogP contribution in [0.2, 0.25) is 0 Å². The van der Waals surface area contributed by atoms with Crippen molar-refractivity contribution < 1.29 is 9.66 Å². The summed E-state index contributed by atoms with van der Waals surface area (Å²) in [5.41, 5.74) is 0.951. The SMILES string of the molecule is CCCNCc1cc([N+](=O)[O-])ccc1OCCCSC. The quantitative estimate of drug-likeness (QED) is 0.408. The number of nitro benzene ring substituents is 1. The van der Waals surface area contributed by atoms with E-state index in [2.05, 4.69) is 18.5 Å². The van der Waals surface area contributed by atoms with Gasteiger partial charge in [-0.3, -0.25) is 10.1 Å². The summed E-state index contributed by atoms with van der Waals surface area (Å²) < 4.78 is 5.73. The molecule has 0 atom stereocenters. The third kappa shape index (κ3) is 5.79. The van der Waals surface area contributed by atoms with E-state index in [0.717, 1.165) is 36.5 Å². The lowest BCUT2D eigenvalue weighted by atomic mass is 10.1. The van der Waals surface area contributed by atoms with Crippen LogP contribution in [-0.2, 0) is 6.54 Å². The first-order valence-electron chi connectivity index (χ1n) is 6.78. The molecule has 1 rings (SSSR count). The normalized spacial score (nSPS) is 10.5. The van der Waals surface area contributed by atoms with Crippen LogP contribution in [0.5, 0.6) is 5.75 Å². The van der Waals surface area contributed by atoms with Crippen LogP contribution >= 0.6 is 11.8 Å². The summed E-state index contributed by atoms with van der Waals surface area (Å²) in [5, 5.41) is 14.1. The van der Waals surface area contributed by atoms with Gasteiger partial charge in [-0.1, -0.05) is 6.92 Å². The Morgan fingerprint density at radius 1 is 1.45 bits per heavy atom. The van der Waals surface area contributed by atoms with E-state index in [1.807, 2.05) is 0 Å². The van der Waals surface area contributed by atoms with E-state index in [0.29, 0.717) is 13.2 Å². The third-order valence-electron chi connectivity index (χ3n) is 2.75. The highest BCUT2D eigenvalue weighted by Crippen LogP contribution is 2.24. The first-order valence-corrected chi connectivity index (χ1v) is 8.18. The van der Waals surface area contributed by atoms with Crippen molar-refractivity contribution in [1.29, 1.82) is 0 Å². The van der Waals surface area contributed by atoms with Crippen molar-refractivity contribution >= 4 is 17.4 Å². The second kappa shape index (κ2) is 9.61. The van der Waals surface area contributed by atoms with Gasteiger partial charge in [0.15, 0.2) is 0 Å². The van der Waals surface area contributed by atoms with E-state index in [1.165, 1.54) is 6.07 Å².